The molecular formula is C20H24N4O2. The van der Waals surface area contributed by atoms with E-state index in [2.05, 4.69) is 20.1 Å². The van der Waals surface area contributed by atoms with Crippen LogP contribution in [0.2, 0.25) is 0 Å². The molecule has 1 aromatic carbocycles. The third kappa shape index (κ3) is 4.26. The van der Waals surface area contributed by atoms with Crippen molar-refractivity contribution in [1.82, 2.24) is 9.88 Å². The van der Waals surface area contributed by atoms with E-state index in [9.17, 15) is 9.59 Å². The molecule has 6 heteroatoms. The van der Waals surface area contributed by atoms with Crippen LogP contribution in [0.1, 0.15) is 24.2 Å². The third-order valence-electron chi connectivity index (χ3n) is 4.75. The Morgan fingerprint density at radius 2 is 1.85 bits per heavy atom. The van der Waals surface area contributed by atoms with Crippen molar-refractivity contribution in [2.45, 2.75) is 19.9 Å². The SMILES string of the molecule is CC(=O)c1cccc(NC(=O)[C@H](C)N2CCN(c3ccccn3)CC2)c1. The number of Topliss-reactive ketones (excluding diaryl/α,β-unsaturated/α-hetero) is 1. The van der Waals surface area contributed by atoms with E-state index in [1.807, 2.05) is 25.1 Å². The highest BCUT2D eigenvalue weighted by Gasteiger charge is 2.26. The molecule has 1 fully saturated rings. The number of anilines is 2. The second-order valence-corrected chi connectivity index (χ2v) is 6.51. The van der Waals surface area contributed by atoms with Crippen molar-refractivity contribution in [1.29, 1.82) is 0 Å². The van der Waals surface area contributed by atoms with Crippen LogP contribution in [-0.2, 0) is 4.79 Å². The van der Waals surface area contributed by atoms with E-state index in [-0.39, 0.29) is 17.7 Å². The molecule has 0 unspecified atom stereocenters. The molecule has 0 bridgehead atoms. The van der Waals surface area contributed by atoms with Crippen LogP contribution in [0.25, 0.3) is 0 Å². The van der Waals surface area contributed by atoms with Gasteiger partial charge >= 0.3 is 0 Å². The Morgan fingerprint density at radius 1 is 1.08 bits per heavy atom. The molecule has 2 aromatic rings. The minimum absolute atomic E-state index is 0.0141. The summed E-state index contributed by atoms with van der Waals surface area (Å²) >= 11 is 0. The number of hydrogen-bond donors (Lipinski definition) is 1. The average Bonchev–Trinajstić information content (AvgIpc) is 2.68. The zero-order chi connectivity index (χ0) is 18.5. The van der Waals surface area contributed by atoms with Crippen LogP contribution in [0.3, 0.4) is 0 Å². The van der Waals surface area contributed by atoms with Crippen molar-refractivity contribution < 1.29 is 9.59 Å². The molecule has 1 aliphatic heterocycles. The van der Waals surface area contributed by atoms with E-state index in [4.69, 9.17) is 0 Å². The number of carbonyl (C=O) groups is 2. The smallest absolute Gasteiger partial charge is 0.241 e. The summed E-state index contributed by atoms with van der Waals surface area (Å²) in [5.74, 6) is 0.905. The summed E-state index contributed by atoms with van der Waals surface area (Å²) in [6, 6.07) is 12.7. The first-order chi connectivity index (χ1) is 12.5. The van der Waals surface area contributed by atoms with Gasteiger partial charge in [0.05, 0.1) is 6.04 Å². The number of benzene rings is 1. The topological polar surface area (TPSA) is 65.5 Å². The van der Waals surface area contributed by atoms with Crippen molar-refractivity contribution in [3.05, 3.63) is 54.2 Å². The third-order valence-corrected chi connectivity index (χ3v) is 4.75. The van der Waals surface area contributed by atoms with E-state index >= 15 is 0 Å². The fraction of sp³-hybridized carbons (Fsp3) is 0.350. The number of pyridine rings is 1. The van der Waals surface area contributed by atoms with E-state index in [0.29, 0.717) is 11.3 Å². The van der Waals surface area contributed by atoms with Gasteiger partial charge in [-0.1, -0.05) is 18.2 Å². The zero-order valence-electron chi connectivity index (χ0n) is 15.2. The van der Waals surface area contributed by atoms with Gasteiger partial charge in [-0.2, -0.15) is 0 Å². The Kier molecular flexibility index (Phi) is 5.63. The Morgan fingerprint density at radius 3 is 2.50 bits per heavy atom. The Hall–Kier alpha value is -2.73. The quantitative estimate of drug-likeness (QED) is 0.837. The maximum Gasteiger partial charge on any atom is 0.241 e. The number of rotatable bonds is 5. The van der Waals surface area contributed by atoms with E-state index in [1.165, 1.54) is 6.92 Å². The maximum atomic E-state index is 12.6. The highest BCUT2D eigenvalue weighted by Crippen LogP contribution is 2.16. The summed E-state index contributed by atoms with van der Waals surface area (Å²) < 4.78 is 0. The Balaban J connectivity index is 1.56. The largest absolute Gasteiger partial charge is 0.354 e. The fourth-order valence-electron chi connectivity index (χ4n) is 3.11. The molecule has 3 rings (SSSR count). The van der Waals surface area contributed by atoms with Crippen LogP contribution >= 0.6 is 0 Å². The van der Waals surface area contributed by atoms with Gasteiger partial charge in [-0.05, 0) is 38.1 Å². The molecule has 1 aromatic heterocycles. The number of aromatic nitrogens is 1. The number of nitrogens with zero attached hydrogens (tertiary/aromatic N) is 3. The van der Waals surface area contributed by atoms with Gasteiger partial charge in [0, 0.05) is 43.6 Å². The highest BCUT2D eigenvalue weighted by molar-refractivity contribution is 5.98. The number of carbonyl (C=O) groups excluding carboxylic acids is 2. The van der Waals surface area contributed by atoms with Gasteiger partial charge in [-0.3, -0.25) is 14.5 Å². The van der Waals surface area contributed by atoms with Gasteiger partial charge in [0.25, 0.3) is 0 Å². The molecule has 1 atom stereocenters. The van der Waals surface area contributed by atoms with E-state index in [1.54, 1.807) is 30.5 Å². The second-order valence-electron chi connectivity index (χ2n) is 6.51. The number of ketones is 1. The molecule has 1 saturated heterocycles. The molecule has 136 valence electrons. The first kappa shape index (κ1) is 18.1. The van der Waals surface area contributed by atoms with Crippen molar-refractivity contribution in [2.75, 3.05) is 36.4 Å². The first-order valence-corrected chi connectivity index (χ1v) is 8.86. The number of amides is 1. The van der Waals surface area contributed by atoms with Gasteiger partial charge in [0.15, 0.2) is 5.78 Å². The molecule has 0 radical (unpaired) electrons. The van der Waals surface area contributed by atoms with Crippen LogP contribution in [0.5, 0.6) is 0 Å². The van der Waals surface area contributed by atoms with Gasteiger partial charge in [-0.25, -0.2) is 4.98 Å². The normalized spacial score (nSPS) is 16.2. The second kappa shape index (κ2) is 8.10. The molecular weight excluding hydrogens is 328 g/mol. The average molecular weight is 352 g/mol. The lowest BCUT2D eigenvalue weighted by molar-refractivity contribution is -0.120. The minimum Gasteiger partial charge on any atom is -0.354 e. The molecule has 0 spiro atoms. The lowest BCUT2D eigenvalue weighted by atomic mass is 10.1. The lowest BCUT2D eigenvalue weighted by Crippen LogP contribution is -2.53. The standard InChI is InChI=1S/C20H24N4O2/c1-15(20(26)22-18-7-5-6-17(14-18)16(2)25)23-10-12-24(13-11-23)19-8-3-4-9-21-19/h3-9,14-15H,10-13H2,1-2H3,(H,22,26)/t15-/m0/s1. The molecule has 1 N–H and O–H groups in total. The van der Waals surface area contributed by atoms with Crippen LogP contribution in [0, 0.1) is 0 Å². The molecule has 2 heterocycles. The summed E-state index contributed by atoms with van der Waals surface area (Å²) in [6.07, 6.45) is 1.80. The van der Waals surface area contributed by atoms with Crippen LogP contribution in [-0.4, -0.2) is 53.8 Å². The molecule has 6 nitrogen and oxygen atoms in total. The predicted octanol–water partition coefficient (Wildman–Crippen LogP) is 2.43. The lowest BCUT2D eigenvalue weighted by Gasteiger charge is -2.37. The molecule has 0 aliphatic carbocycles. The van der Waals surface area contributed by atoms with Crippen molar-refractivity contribution >= 4 is 23.2 Å². The van der Waals surface area contributed by atoms with Crippen LogP contribution in [0.15, 0.2) is 48.7 Å². The van der Waals surface area contributed by atoms with Gasteiger partial charge in [0.1, 0.15) is 5.82 Å². The predicted molar refractivity (Wildman–Crippen MR) is 103 cm³/mol. The van der Waals surface area contributed by atoms with Crippen LogP contribution < -0.4 is 10.2 Å². The van der Waals surface area contributed by atoms with E-state index < -0.39 is 0 Å². The van der Waals surface area contributed by atoms with Crippen LogP contribution in [0.4, 0.5) is 11.5 Å². The molecule has 1 aliphatic rings. The summed E-state index contributed by atoms with van der Waals surface area (Å²) in [5, 5.41) is 2.92. The Labute approximate surface area is 153 Å². The minimum atomic E-state index is -0.234. The van der Waals surface area contributed by atoms with Gasteiger partial charge in [-0.15, -0.1) is 0 Å². The molecule has 1 amide bonds. The summed E-state index contributed by atoms with van der Waals surface area (Å²) in [5.41, 5.74) is 1.25. The summed E-state index contributed by atoms with van der Waals surface area (Å²) in [4.78, 5) is 32.9. The number of piperazine rings is 1. The summed E-state index contributed by atoms with van der Waals surface area (Å²) in [7, 11) is 0. The van der Waals surface area contributed by atoms with Gasteiger partial charge < -0.3 is 10.2 Å². The van der Waals surface area contributed by atoms with Crippen molar-refractivity contribution in [2.24, 2.45) is 0 Å². The number of nitrogens with one attached hydrogen (secondary N) is 1. The van der Waals surface area contributed by atoms with E-state index in [0.717, 1.165) is 32.0 Å². The Bertz CT molecular complexity index is 770. The maximum absolute atomic E-state index is 12.6. The highest BCUT2D eigenvalue weighted by atomic mass is 16.2. The van der Waals surface area contributed by atoms with Crippen molar-refractivity contribution in [3.63, 3.8) is 0 Å². The molecule has 26 heavy (non-hydrogen) atoms. The van der Waals surface area contributed by atoms with Gasteiger partial charge in [0.2, 0.25) is 5.91 Å². The van der Waals surface area contributed by atoms with Crippen molar-refractivity contribution in [3.8, 4) is 0 Å². The monoisotopic (exact) mass is 352 g/mol. The fourth-order valence-corrected chi connectivity index (χ4v) is 3.11. The zero-order valence-corrected chi connectivity index (χ0v) is 15.2. The summed E-state index contributed by atoms with van der Waals surface area (Å²) in [6.45, 7) is 6.73. The molecule has 0 saturated carbocycles. The number of hydrogen-bond acceptors (Lipinski definition) is 5. The first-order valence-electron chi connectivity index (χ1n) is 8.86.